The maximum absolute atomic E-state index is 16.9. The van der Waals surface area contributed by atoms with E-state index < -0.39 is 29.4 Å². The van der Waals surface area contributed by atoms with Crippen molar-refractivity contribution in [2.24, 2.45) is 0 Å². The number of alkyl halides is 1. The van der Waals surface area contributed by atoms with Gasteiger partial charge in [0.05, 0.1) is 27.4 Å². The number of thiophene rings is 1. The number of nitriles is 1. The largest absolute Gasteiger partial charge is 0.465 e. The zero-order valence-corrected chi connectivity index (χ0v) is 26.5. The molecule has 3 saturated heterocycles. The second-order valence-electron chi connectivity index (χ2n) is 12.2. The normalized spacial score (nSPS) is 21.6. The lowest BCUT2D eigenvalue weighted by molar-refractivity contribution is -0.117. The summed E-state index contributed by atoms with van der Waals surface area (Å²) in [4.78, 5) is 37.0. The first-order valence-electron chi connectivity index (χ1n) is 15.2. The highest BCUT2D eigenvalue weighted by atomic mass is 35.5. The number of Topliss-reactive ketones (excluding diaryl/α,β-unsaturated/α-hetero) is 1. The van der Waals surface area contributed by atoms with Crippen LogP contribution in [0.1, 0.15) is 44.1 Å². The van der Waals surface area contributed by atoms with Crippen LogP contribution < -0.4 is 15.0 Å². The van der Waals surface area contributed by atoms with Crippen molar-refractivity contribution in [2.45, 2.75) is 50.2 Å². The third-order valence-corrected chi connectivity index (χ3v) is 10.7. The molecule has 3 aliphatic rings. The Labute approximate surface area is 275 Å². The molecule has 7 rings (SSSR count). The van der Waals surface area contributed by atoms with Crippen molar-refractivity contribution >= 4 is 66.6 Å². The molecule has 10 nitrogen and oxygen atoms in total. The van der Waals surface area contributed by atoms with Crippen LogP contribution in [0.5, 0.6) is 6.01 Å². The number of fused-ring (bicyclic) bond motifs is 3. The van der Waals surface area contributed by atoms with Crippen molar-refractivity contribution < 1.29 is 32.6 Å². The molecule has 3 fully saturated rings. The minimum Gasteiger partial charge on any atom is -0.465 e. The smallest absolute Gasteiger partial charge is 0.409 e. The summed E-state index contributed by atoms with van der Waals surface area (Å²) in [6.45, 7) is 1.69. The maximum Gasteiger partial charge on any atom is 0.409 e. The predicted octanol–water partition coefficient (Wildman–Crippen LogP) is 6.92. The van der Waals surface area contributed by atoms with Crippen molar-refractivity contribution in [3.8, 4) is 23.2 Å². The number of carbonyl (C=O) groups excluding carboxylic acids is 1. The van der Waals surface area contributed by atoms with E-state index in [4.69, 9.17) is 16.3 Å². The number of carbonyl (C=O) groups is 2. The molecule has 47 heavy (non-hydrogen) atoms. The molecule has 15 heteroatoms. The van der Waals surface area contributed by atoms with Gasteiger partial charge in [-0.2, -0.15) is 15.2 Å². The molecule has 0 aliphatic carbocycles. The van der Waals surface area contributed by atoms with Gasteiger partial charge < -0.3 is 14.7 Å². The van der Waals surface area contributed by atoms with E-state index in [1.54, 1.807) is 4.90 Å². The number of hydrogen-bond donors (Lipinski definition) is 2. The zero-order chi connectivity index (χ0) is 33.0. The molecule has 0 bridgehead atoms. The molecule has 0 radical (unpaired) electrons. The Kier molecular flexibility index (Phi) is 8.10. The van der Waals surface area contributed by atoms with Gasteiger partial charge in [-0.1, -0.05) is 17.7 Å². The van der Waals surface area contributed by atoms with Gasteiger partial charge in [-0.05, 0) is 49.9 Å². The standard InChI is InChI=1S/C32H28ClF3N6O4S/c33-21-10-19-26(25(36)24(21)18-5-6-22(35)27-23(18)20(12-37)29(47-27)40-31(44)45)38-30(39-28(19)41-8-2-1-4-17(43)14-41)46-15-32-7-3-9-42(32)13-16(34)11-32/h5-6,10,16,40H,1-4,7-9,11,13-15H2,(H,44,45)/t16-,32+/m1/s1. The second-order valence-corrected chi connectivity index (χ2v) is 13.6. The molecule has 0 unspecified atom stereocenters. The summed E-state index contributed by atoms with van der Waals surface area (Å²) in [5.41, 5.74) is -0.999. The molecule has 2 atom stereocenters. The molecule has 1 amide bonds. The average Bonchev–Trinajstić information content (AvgIpc) is 3.62. The van der Waals surface area contributed by atoms with Gasteiger partial charge >= 0.3 is 12.1 Å². The molecule has 0 saturated carbocycles. The maximum atomic E-state index is 16.9. The van der Waals surface area contributed by atoms with Crippen molar-refractivity contribution in [3.63, 3.8) is 0 Å². The van der Waals surface area contributed by atoms with Gasteiger partial charge in [-0.25, -0.2) is 18.0 Å². The monoisotopic (exact) mass is 684 g/mol. The molecular formula is C32H28ClF3N6O4S. The summed E-state index contributed by atoms with van der Waals surface area (Å²) in [5.74, 6) is -1.37. The number of amides is 1. The number of nitrogens with zero attached hydrogens (tertiary/aromatic N) is 5. The van der Waals surface area contributed by atoms with E-state index in [-0.39, 0.29) is 78.5 Å². The quantitative estimate of drug-likeness (QED) is 0.222. The number of rotatable bonds is 6. The van der Waals surface area contributed by atoms with Crippen LogP contribution in [-0.4, -0.2) is 76.3 Å². The number of carboxylic acid groups (broad SMARTS) is 1. The minimum atomic E-state index is -1.45. The van der Waals surface area contributed by atoms with Crippen LogP contribution in [0.3, 0.4) is 0 Å². The fourth-order valence-electron chi connectivity index (χ4n) is 7.21. The molecule has 2 aromatic carbocycles. The van der Waals surface area contributed by atoms with Crippen molar-refractivity contribution in [1.29, 1.82) is 5.26 Å². The van der Waals surface area contributed by atoms with E-state index in [1.165, 1.54) is 12.1 Å². The molecule has 2 N–H and O–H groups in total. The van der Waals surface area contributed by atoms with Crippen LogP contribution >= 0.6 is 22.9 Å². The number of halogens is 4. The van der Waals surface area contributed by atoms with Crippen LogP contribution in [0.2, 0.25) is 5.02 Å². The molecular weight excluding hydrogens is 657 g/mol. The minimum absolute atomic E-state index is 0.00122. The highest BCUT2D eigenvalue weighted by molar-refractivity contribution is 7.23. The lowest BCUT2D eigenvalue weighted by atomic mass is 9.95. The Morgan fingerprint density at radius 1 is 1.26 bits per heavy atom. The third-order valence-electron chi connectivity index (χ3n) is 9.27. The molecule has 244 valence electrons. The summed E-state index contributed by atoms with van der Waals surface area (Å²) in [6.07, 6.45) is 1.33. The number of aromatic nitrogens is 2. The summed E-state index contributed by atoms with van der Waals surface area (Å²) in [7, 11) is 0. The molecule has 3 aliphatic heterocycles. The van der Waals surface area contributed by atoms with Crippen molar-refractivity contribution in [2.75, 3.05) is 43.0 Å². The van der Waals surface area contributed by atoms with Crippen LogP contribution in [0.4, 0.5) is 28.8 Å². The van der Waals surface area contributed by atoms with Gasteiger partial charge in [-0.15, -0.1) is 11.3 Å². The van der Waals surface area contributed by atoms with Crippen molar-refractivity contribution in [3.05, 3.63) is 40.4 Å². The highest BCUT2D eigenvalue weighted by Gasteiger charge is 2.49. The topological polar surface area (TPSA) is 132 Å². The fraction of sp³-hybridized carbons (Fsp3) is 0.406. The summed E-state index contributed by atoms with van der Waals surface area (Å²) in [5, 5.41) is 21.4. The number of nitrogens with one attached hydrogen (secondary N) is 1. The van der Waals surface area contributed by atoms with E-state index in [0.29, 0.717) is 50.1 Å². The van der Waals surface area contributed by atoms with Crippen LogP contribution in [-0.2, 0) is 4.79 Å². The SMILES string of the molecule is N#Cc1c(NC(=O)O)sc2c(F)ccc(-c3c(Cl)cc4c(N5CCCCC(=O)C5)nc(OC[C@@]56CCCN5C[C@H](F)C6)nc4c3F)c12. The lowest BCUT2D eigenvalue weighted by Crippen LogP contribution is -2.43. The average molecular weight is 685 g/mol. The molecule has 4 aromatic rings. The third kappa shape index (κ3) is 5.50. The van der Waals surface area contributed by atoms with E-state index in [9.17, 15) is 24.3 Å². The van der Waals surface area contributed by atoms with E-state index in [0.717, 1.165) is 25.5 Å². The summed E-state index contributed by atoms with van der Waals surface area (Å²) in [6, 6.07) is 5.60. The number of ketones is 1. The van der Waals surface area contributed by atoms with Gasteiger partial charge in [0, 0.05) is 42.3 Å². The van der Waals surface area contributed by atoms with Crippen LogP contribution in [0.15, 0.2) is 18.2 Å². The predicted molar refractivity (Wildman–Crippen MR) is 171 cm³/mol. The van der Waals surface area contributed by atoms with E-state index >= 15 is 8.78 Å². The van der Waals surface area contributed by atoms with Crippen LogP contribution in [0.25, 0.3) is 32.1 Å². The molecule has 5 heterocycles. The Morgan fingerprint density at radius 3 is 2.87 bits per heavy atom. The second kappa shape index (κ2) is 12.1. The van der Waals surface area contributed by atoms with E-state index in [1.807, 2.05) is 6.07 Å². The van der Waals surface area contributed by atoms with Crippen LogP contribution in [0, 0.1) is 23.0 Å². The highest BCUT2D eigenvalue weighted by Crippen LogP contribution is 2.47. The van der Waals surface area contributed by atoms with Gasteiger partial charge in [0.1, 0.15) is 41.0 Å². The Morgan fingerprint density at radius 2 is 2.09 bits per heavy atom. The van der Waals surface area contributed by atoms with Gasteiger partial charge in [0.2, 0.25) is 0 Å². The Balaban J connectivity index is 1.40. The molecule has 0 spiro atoms. The summed E-state index contributed by atoms with van der Waals surface area (Å²) >= 11 is 7.48. The number of benzene rings is 2. The first-order chi connectivity index (χ1) is 22.6. The Hall–Kier alpha value is -4.19. The van der Waals surface area contributed by atoms with Gasteiger partial charge in [-0.3, -0.25) is 15.0 Å². The van der Waals surface area contributed by atoms with Gasteiger partial charge in [0.25, 0.3) is 0 Å². The fourth-order valence-corrected chi connectivity index (χ4v) is 8.57. The summed E-state index contributed by atoms with van der Waals surface area (Å²) < 4.78 is 52.5. The Bertz CT molecular complexity index is 2000. The first-order valence-corrected chi connectivity index (χ1v) is 16.4. The van der Waals surface area contributed by atoms with Gasteiger partial charge in [0.15, 0.2) is 11.6 Å². The van der Waals surface area contributed by atoms with Crippen molar-refractivity contribution in [1.82, 2.24) is 14.9 Å². The van der Waals surface area contributed by atoms with E-state index in [2.05, 4.69) is 20.2 Å². The molecule has 2 aromatic heterocycles. The lowest BCUT2D eigenvalue weighted by Gasteiger charge is -2.31. The number of hydrogen-bond acceptors (Lipinski definition) is 9. The number of anilines is 2. The zero-order valence-electron chi connectivity index (χ0n) is 24.9. The number of ether oxygens (including phenoxy) is 1. The first kappa shape index (κ1) is 31.4.